The molecule has 0 unspecified atom stereocenters. The molecular weight excluding hydrogens is 278 g/mol. The Morgan fingerprint density at radius 2 is 1.27 bits per heavy atom. The van der Waals surface area contributed by atoms with E-state index < -0.39 is 0 Å². The molecule has 2 saturated heterocycles. The van der Waals surface area contributed by atoms with Gasteiger partial charge < -0.3 is 9.80 Å². The van der Waals surface area contributed by atoms with E-state index in [9.17, 15) is 0 Å². The predicted octanol–water partition coefficient (Wildman–Crippen LogP) is 1.55. The van der Waals surface area contributed by atoms with Crippen LogP contribution in [0.15, 0.2) is 0 Å². The van der Waals surface area contributed by atoms with Crippen molar-refractivity contribution in [2.75, 3.05) is 47.5 Å². The number of nitrogens with zero attached hydrogens (tertiary/aromatic N) is 6. The van der Waals surface area contributed by atoms with Crippen LogP contribution in [0.1, 0.15) is 45.4 Å². The van der Waals surface area contributed by atoms with Crippen LogP contribution in [0.2, 0.25) is 0 Å². The van der Waals surface area contributed by atoms with Gasteiger partial charge in [-0.25, -0.2) is 5.84 Å². The topological polar surface area (TPSA) is 74.4 Å². The number of rotatable bonds is 4. The molecule has 3 rings (SSSR count). The molecule has 2 aliphatic heterocycles. The third-order valence-corrected chi connectivity index (χ3v) is 4.48. The van der Waals surface area contributed by atoms with Crippen molar-refractivity contribution in [1.29, 1.82) is 0 Å². The Balaban J connectivity index is 1.90. The van der Waals surface area contributed by atoms with E-state index in [4.69, 9.17) is 10.8 Å². The molecule has 0 aliphatic carbocycles. The molecule has 1 aromatic heterocycles. The highest BCUT2D eigenvalue weighted by Gasteiger charge is 2.21. The molecule has 0 spiro atoms. The first-order valence-corrected chi connectivity index (χ1v) is 8.56. The summed E-state index contributed by atoms with van der Waals surface area (Å²) in [5.74, 6) is 8.19. The molecule has 1 aromatic rings. The van der Waals surface area contributed by atoms with E-state index in [2.05, 4.69) is 19.8 Å². The summed E-state index contributed by atoms with van der Waals surface area (Å²) in [5, 5.41) is 1.60. The van der Waals surface area contributed by atoms with Gasteiger partial charge >= 0.3 is 0 Å². The maximum absolute atomic E-state index is 6.03. The summed E-state index contributed by atoms with van der Waals surface area (Å²) in [5.41, 5.74) is 0. The monoisotopic (exact) mass is 305 g/mol. The Morgan fingerprint density at radius 3 is 1.68 bits per heavy atom. The lowest BCUT2D eigenvalue weighted by Crippen LogP contribution is -2.37. The van der Waals surface area contributed by atoms with E-state index in [1.807, 2.05) is 6.92 Å². The van der Waals surface area contributed by atoms with E-state index >= 15 is 0 Å². The molecule has 2 N–H and O–H groups in total. The van der Waals surface area contributed by atoms with Crippen LogP contribution in [0.5, 0.6) is 0 Å². The number of nitrogens with two attached hydrogens (primary N) is 1. The third-order valence-electron chi connectivity index (χ3n) is 4.48. The molecule has 0 bridgehead atoms. The van der Waals surface area contributed by atoms with Crippen LogP contribution in [0.25, 0.3) is 0 Å². The standard InChI is InChI=1S/C15H27N7/c1-2-22(16)15-18-13(20-9-5-3-6-10-20)17-14(19-15)21-11-7-4-8-12-21/h2-12,16H2,1H3. The van der Waals surface area contributed by atoms with Crippen molar-refractivity contribution in [2.24, 2.45) is 5.84 Å². The maximum Gasteiger partial charge on any atom is 0.246 e. The lowest BCUT2D eigenvalue weighted by molar-refractivity contribution is 0.555. The van der Waals surface area contributed by atoms with E-state index in [-0.39, 0.29) is 0 Å². The fraction of sp³-hybridized carbons (Fsp3) is 0.800. The van der Waals surface area contributed by atoms with Crippen LogP contribution >= 0.6 is 0 Å². The second kappa shape index (κ2) is 7.09. The molecule has 2 aliphatic rings. The smallest absolute Gasteiger partial charge is 0.246 e. The van der Waals surface area contributed by atoms with Gasteiger partial charge in [-0.1, -0.05) is 0 Å². The summed E-state index contributed by atoms with van der Waals surface area (Å²) in [6.07, 6.45) is 7.43. The summed E-state index contributed by atoms with van der Waals surface area (Å²) < 4.78 is 0. The van der Waals surface area contributed by atoms with Crippen molar-refractivity contribution in [3.63, 3.8) is 0 Å². The Labute approximate surface area is 132 Å². The third kappa shape index (κ3) is 3.40. The zero-order valence-corrected chi connectivity index (χ0v) is 13.5. The maximum atomic E-state index is 6.03. The second-order valence-electron chi connectivity index (χ2n) is 6.12. The van der Waals surface area contributed by atoms with Crippen LogP contribution in [0.4, 0.5) is 17.8 Å². The van der Waals surface area contributed by atoms with Crippen molar-refractivity contribution >= 4 is 17.8 Å². The van der Waals surface area contributed by atoms with E-state index in [0.29, 0.717) is 12.5 Å². The molecule has 0 atom stereocenters. The molecular formula is C15H27N7. The average molecular weight is 305 g/mol. The first-order chi connectivity index (χ1) is 10.8. The zero-order valence-electron chi connectivity index (χ0n) is 13.5. The van der Waals surface area contributed by atoms with Gasteiger partial charge in [0.15, 0.2) is 0 Å². The minimum absolute atomic E-state index is 0.582. The molecule has 7 nitrogen and oxygen atoms in total. The number of hydrazine groups is 1. The molecule has 122 valence electrons. The fourth-order valence-electron chi connectivity index (χ4n) is 3.08. The van der Waals surface area contributed by atoms with E-state index in [1.165, 1.54) is 38.5 Å². The molecule has 3 heterocycles. The van der Waals surface area contributed by atoms with Gasteiger partial charge in [0.1, 0.15) is 0 Å². The minimum atomic E-state index is 0.582. The molecule has 2 fully saturated rings. The van der Waals surface area contributed by atoms with Gasteiger partial charge in [0.05, 0.1) is 0 Å². The van der Waals surface area contributed by atoms with Crippen molar-refractivity contribution in [2.45, 2.75) is 45.4 Å². The number of hydrogen-bond donors (Lipinski definition) is 1. The Kier molecular flexibility index (Phi) is 4.92. The molecule has 0 amide bonds. The summed E-state index contributed by atoms with van der Waals surface area (Å²) in [6, 6.07) is 0. The van der Waals surface area contributed by atoms with Crippen LogP contribution < -0.4 is 20.7 Å². The van der Waals surface area contributed by atoms with E-state index in [0.717, 1.165) is 38.1 Å². The fourth-order valence-corrected chi connectivity index (χ4v) is 3.08. The number of piperidine rings is 2. The molecule has 0 saturated carbocycles. The predicted molar refractivity (Wildman–Crippen MR) is 89.2 cm³/mol. The van der Waals surface area contributed by atoms with Crippen molar-refractivity contribution in [1.82, 2.24) is 15.0 Å². The summed E-state index contributed by atoms with van der Waals surface area (Å²) in [6.45, 7) is 6.80. The van der Waals surface area contributed by atoms with Crippen LogP contribution in [0, 0.1) is 0 Å². The highest BCUT2D eigenvalue weighted by atomic mass is 15.5. The largest absolute Gasteiger partial charge is 0.341 e. The van der Waals surface area contributed by atoms with Crippen LogP contribution in [0.3, 0.4) is 0 Å². The molecule has 22 heavy (non-hydrogen) atoms. The normalized spacial score (nSPS) is 19.4. The summed E-state index contributed by atoms with van der Waals surface area (Å²) >= 11 is 0. The second-order valence-corrected chi connectivity index (χ2v) is 6.12. The lowest BCUT2D eigenvalue weighted by Gasteiger charge is -2.30. The number of aromatic nitrogens is 3. The molecule has 0 radical (unpaired) electrons. The van der Waals surface area contributed by atoms with Gasteiger partial charge in [0, 0.05) is 32.7 Å². The van der Waals surface area contributed by atoms with Gasteiger partial charge in [-0.05, 0) is 45.4 Å². The van der Waals surface area contributed by atoms with Gasteiger partial charge in [-0.3, -0.25) is 5.01 Å². The van der Waals surface area contributed by atoms with Crippen molar-refractivity contribution in [3.8, 4) is 0 Å². The van der Waals surface area contributed by atoms with Crippen LogP contribution in [-0.4, -0.2) is 47.7 Å². The Morgan fingerprint density at radius 1 is 0.818 bits per heavy atom. The zero-order chi connectivity index (χ0) is 15.4. The van der Waals surface area contributed by atoms with Crippen molar-refractivity contribution in [3.05, 3.63) is 0 Å². The van der Waals surface area contributed by atoms with Gasteiger partial charge in [0.2, 0.25) is 17.8 Å². The van der Waals surface area contributed by atoms with Crippen LogP contribution in [-0.2, 0) is 0 Å². The highest BCUT2D eigenvalue weighted by Crippen LogP contribution is 2.23. The summed E-state index contributed by atoms with van der Waals surface area (Å²) in [7, 11) is 0. The average Bonchev–Trinajstić information content (AvgIpc) is 2.62. The van der Waals surface area contributed by atoms with Crippen molar-refractivity contribution < 1.29 is 0 Å². The first-order valence-electron chi connectivity index (χ1n) is 8.56. The Hall–Kier alpha value is -1.63. The minimum Gasteiger partial charge on any atom is -0.341 e. The Bertz CT molecular complexity index is 445. The number of anilines is 3. The quantitative estimate of drug-likeness (QED) is 0.668. The van der Waals surface area contributed by atoms with Gasteiger partial charge in [0.25, 0.3) is 0 Å². The van der Waals surface area contributed by atoms with Gasteiger partial charge in [-0.2, -0.15) is 15.0 Å². The molecule has 0 aromatic carbocycles. The summed E-state index contributed by atoms with van der Waals surface area (Å²) in [4.78, 5) is 18.5. The lowest BCUT2D eigenvalue weighted by atomic mass is 10.1. The number of hydrogen-bond acceptors (Lipinski definition) is 7. The SMILES string of the molecule is CCN(N)c1nc(N2CCCCC2)nc(N2CCCCC2)n1. The van der Waals surface area contributed by atoms with Gasteiger partial charge in [-0.15, -0.1) is 0 Å². The first kappa shape index (κ1) is 15.3. The van der Waals surface area contributed by atoms with E-state index in [1.54, 1.807) is 5.01 Å². The highest BCUT2D eigenvalue weighted by molar-refractivity contribution is 5.46. The molecule has 7 heteroatoms.